The summed E-state index contributed by atoms with van der Waals surface area (Å²) in [6.45, 7) is 0.688. The number of carboxylic acid groups (broad SMARTS) is 1. The molecule has 13 heteroatoms. The van der Waals surface area contributed by atoms with Crippen LogP contribution in [0.2, 0.25) is 0 Å². The zero-order chi connectivity index (χ0) is 25.7. The van der Waals surface area contributed by atoms with Crippen LogP contribution in [0.25, 0.3) is 0 Å². The first-order chi connectivity index (χ1) is 16.1. The summed E-state index contributed by atoms with van der Waals surface area (Å²) in [5, 5.41) is 14.5. The van der Waals surface area contributed by atoms with Crippen LogP contribution in [0.4, 0.5) is 0 Å². The molecule has 34 heavy (non-hydrogen) atoms. The second kappa shape index (κ2) is 15.5. The Bertz CT molecular complexity index is 724. The quantitative estimate of drug-likeness (QED) is 0.135. The van der Waals surface area contributed by atoms with E-state index in [1.54, 1.807) is 0 Å². The number of hydrogen-bond acceptors (Lipinski definition) is 8. The fourth-order valence-electron chi connectivity index (χ4n) is 3.72. The molecular formula is C21H38N6O6S. The number of rotatable bonds is 16. The van der Waals surface area contributed by atoms with Crippen molar-refractivity contribution in [3.8, 4) is 0 Å². The Kier molecular flexibility index (Phi) is 13.5. The summed E-state index contributed by atoms with van der Waals surface area (Å²) in [5.74, 6) is -2.74. The van der Waals surface area contributed by atoms with Gasteiger partial charge in [0.2, 0.25) is 23.6 Å². The maximum atomic E-state index is 13.3. The van der Waals surface area contributed by atoms with Crippen LogP contribution in [0.5, 0.6) is 0 Å². The Morgan fingerprint density at radius 2 is 1.79 bits per heavy atom. The van der Waals surface area contributed by atoms with Crippen molar-refractivity contribution < 1.29 is 29.1 Å². The number of carboxylic acids is 1. The smallest absolute Gasteiger partial charge is 0.326 e. The summed E-state index contributed by atoms with van der Waals surface area (Å²) in [4.78, 5) is 62.8. The molecule has 1 rings (SSSR count). The second-order valence-electron chi connectivity index (χ2n) is 8.33. The van der Waals surface area contributed by atoms with Gasteiger partial charge >= 0.3 is 5.97 Å². The van der Waals surface area contributed by atoms with E-state index in [0.717, 1.165) is 0 Å². The van der Waals surface area contributed by atoms with Crippen molar-refractivity contribution in [1.82, 2.24) is 15.5 Å². The molecule has 4 unspecified atom stereocenters. The predicted octanol–water partition coefficient (Wildman–Crippen LogP) is -1.49. The molecule has 0 aromatic rings. The number of unbranched alkanes of at least 4 members (excludes halogenated alkanes) is 1. The standard InChI is InChI=1S/C21H38N6O6S/c1-34-12-9-13(23)18(29)25-14(7-8-17(24)28)20(31)27-11-4-6-16(27)19(30)26-15(21(32)33)5-2-3-10-22/h13-16H,2-12,22-23H2,1H3,(H2,24,28)(H,25,29)(H,26,30)(H,32,33). The van der Waals surface area contributed by atoms with E-state index < -0.39 is 53.8 Å². The molecule has 0 saturated carbocycles. The zero-order valence-corrected chi connectivity index (χ0v) is 20.5. The molecule has 0 radical (unpaired) electrons. The Morgan fingerprint density at radius 1 is 1.09 bits per heavy atom. The van der Waals surface area contributed by atoms with E-state index in [9.17, 15) is 29.1 Å². The number of likely N-dealkylation sites (tertiary alicyclic amines) is 1. The average molecular weight is 503 g/mol. The van der Waals surface area contributed by atoms with Crippen LogP contribution in [-0.2, 0) is 24.0 Å². The molecule has 0 bridgehead atoms. The largest absolute Gasteiger partial charge is 0.480 e. The Morgan fingerprint density at radius 3 is 2.38 bits per heavy atom. The highest BCUT2D eigenvalue weighted by atomic mass is 32.2. The lowest BCUT2D eigenvalue weighted by atomic mass is 10.1. The number of amides is 4. The third-order valence-corrected chi connectivity index (χ3v) is 6.31. The molecule has 0 aliphatic carbocycles. The van der Waals surface area contributed by atoms with Gasteiger partial charge in [-0.1, -0.05) is 0 Å². The van der Waals surface area contributed by atoms with E-state index in [-0.39, 0.29) is 25.8 Å². The van der Waals surface area contributed by atoms with Crippen molar-refractivity contribution in [2.75, 3.05) is 25.1 Å². The van der Waals surface area contributed by atoms with E-state index in [1.807, 2.05) is 6.26 Å². The summed E-state index contributed by atoms with van der Waals surface area (Å²) < 4.78 is 0. The molecule has 1 fully saturated rings. The van der Waals surface area contributed by atoms with E-state index in [2.05, 4.69) is 10.6 Å². The molecule has 9 N–H and O–H groups in total. The molecule has 1 aliphatic heterocycles. The lowest BCUT2D eigenvalue weighted by Crippen LogP contribution is -2.57. The summed E-state index contributed by atoms with van der Waals surface area (Å²) in [6, 6.07) is -3.86. The average Bonchev–Trinajstić information content (AvgIpc) is 3.28. The summed E-state index contributed by atoms with van der Waals surface area (Å²) in [5.41, 5.74) is 16.6. The SMILES string of the molecule is CSCCC(N)C(=O)NC(CCC(N)=O)C(=O)N1CCCC1C(=O)NC(CCCCN)C(=O)O. The molecule has 0 aromatic carbocycles. The number of carbonyl (C=O) groups excluding carboxylic acids is 4. The van der Waals surface area contributed by atoms with Crippen LogP contribution in [0, 0.1) is 0 Å². The zero-order valence-electron chi connectivity index (χ0n) is 19.7. The van der Waals surface area contributed by atoms with Gasteiger partial charge in [-0.15, -0.1) is 0 Å². The van der Waals surface area contributed by atoms with Gasteiger partial charge in [-0.25, -0.2) is 4.79 Å². The number of nitrogens with one attached hydrogen (secondary N) is 2. The molecule has 1 aliphatic rings. The number of nitrogens with two attached hydrogens (primary N) is 3. The molecule has 12 nitrogen and oxygen atoms in total. The number of aliphatic carboxylic acids is 1. The van der Waals surface area contributed by atoms with E-state index in [4.69, 9.17) is 17.2 Å². The maximum Gasteiger partial charge on any atom is 0.326 e. The number of carbonyl (C=O) groups is 5. The minimum Gasteiger partial charge on any atom is -0.480 e. The van der Waals surface area contributed by atoms with Crippen LogP contribution < -0.4 is 27.8 Å². The highest BCUT2D eigenvalue weighted by Gasteiger charge is 2.39. The van der Waals surface area contributed by atoms with Gasteiger partial charge < -0.3 is 37.8 Å². The minimum absolute atomic E-state index is 0.0309. The maximum absolute atomic E-state index is 13.3. The van der Waals surface area contributed by atoms with Gasteiger partial charge in [-0.3, -0.25) is 19.2 Å². The number of hydrogen-bond donors (Lipinski definition) is 6. The summed E-state index contributed by atoms with van der Waals surface area (Å²) in [7, 11) is 0. The van der Waals surface area contributed by atoms with Gasteiger partial charge in [0, 0.05) is 13.0 Å². The van der Waals surface area contributed by atoms with Crippen molar-refractivity contribution in [2.45, 2.75) is 75.5 Å². The van der Waals surface area contributed by atoms with Crippen LogP contribution in [0.3, 0.4) is 0 Å². The van der Waals surface area contributed by atoms with Crippen LogP contribution in [0.15, 0.2) is 0 Å². The first-order valence-corrected chi connectivity index (χ1v) is 12.9. The number of primary amides is 1. The molecule has 194 valence electrons. The van der Waals surface area contributed by atoms with E-state index >= 15 is 0 Å². The van der Waals surface area contributed by atoms with Gasteiger partial charge in [0.05, 0.1) is 6.04 Å². The third-order valence-electron chi connectivity index (χ3n) is 5.66. The second-order valence-corrected chi connectivity index (χ2v) is 9.31. The lowest BCUT2D eigenvalue weighted by molar-refractivity contribution is -0.145. The summed E-state index contributed by atoms with van der Waals surface area (Å²) >= 11 is 1.53. The van der Waals surface area contributed by atoms with Gasteiger partial charge in [0.25, 0.3) is 0 Å². The Labute approximate surface area is 204 Å². The topological polar surface area (TPSA) is 211 Å². The Hall–Kier alpha value is -2.38. The monoisotopic (exact) mass is 502 g/mol. The predicted molar refractivity (Wildman–Crippen MR) is 129 cm³/mol. The molecule has 4 amide bonds. The molecule has 0 aromatic heterocycles. The first kappa shape index (κ1) is 29.7. The highest BCUT2D eigenvalue weighted by molar-refractivity contribution is 7.98. The van der Waals surface area contributed by atoms with Gasteiger partial charge in [0.1, 0.15) is 18.1 Å². The molecular weight excluding hydrogens is 464 g/mol. The van der Waals surface area contributed by atoms with Crippen molar-refractivity contribution in [2.24, 2.45) is 17.2 Å². The van der Waals surface area contributed by atoms with Crippen LogP contribution in [-0.4, -0.2) is 88.9 Å². The molecule has 4 atom stereocenters. The highest BCUT2D eigenvalue weighted by Crippen LogP contribution is 2.20. The Balaban J connectivity index is 2.91. The van der Waals surface area contributed by atoms with E-state index in [1.165, 1.54) is 16.7 Å². The van der Waals surface area contributed by atoms with E-state index in [0.29, 0.717) is 44.4 Å². The molecule has 1 saturated heterocycles. The number of thioether (sulfide) groups is 1. The first-order valence-electron chi connectivity index (χ1n) is 11.5. The molecule has 0 spiro atoms. The fraction of sp³-hybridized carbons (Fsp3) is 0.762. The van der Waals surface area contributed by atoms with Crippen LogP contribution >= 0.6 is 11.8 Å². The fourth-order valence-corrected chi connectivity index (χ4v) is 4.21. The van der Waals surface area contributed by atoms with Crippen molar-refractivity contribution in [3.05, 3.63) is 0 Å². The van der Waals surface area contributed by atoms with Crippen molar-refractivity contribution in [3.63, 3.8) is 0 Å². The normalized spacial score (nSPS) is 18.1. The summed E-state index contributed by atoms with van der Waals surface area (Å²) in [6.07, 6.45) is 4.43. The van der Waals surface area contributed by atoms with Crippen molar-refractivity contribution in [1.29, 1.82) is 0 Å². The number of nitrogens with zero attached hydrogens (tertiary/aromatic N) is 1. The molecule has 1 heterocycles. The van der Waals surface area contributed by atoms with Crippen molar-refractivity contribution >= 4 is 41.4 Å². The van der Waals surface area contributed by atoms with Crippen LogP contribution in [0.1, 0.15) is 51.4 Å². The minimum atomic E-state index is -1.16. The van der Waals surface area contributed by atoms with Gasteiger partial charge in [-0.05, 0) is 63.5 Å². The third kappa shape index (κ3) is 9.85. The van der Waals surface area contributed by atoms with Gasteiger partial charge in [0.15, 0.2) is 0 Å². The lowest BCUT2D eigenvalue weighted by Gasteiger charge is -2.30. The van der Waals surface area contributed by atoms with Gasteiger partial charge in [-0.2, -0.15) is 11.8 Å².